The first kappa shape index (κ1) is 14.1. The number of rotatable bonds is 4. The minimum Gasteiger partial charge on any atom is -0.410 e. The van der Waals surface area contributed by atoms with E-state index in [1.54, 1.807) is 12.1 Å². The van der Waals surface area contributed by atoms with Gasteiger partial charge < -0.3 is 10.1 Å². The second-order valence-corrected chi connectivity index (χ2v) is 4.43. The fourth-order valence-corrected chi connectivity index (χ4v) is 1.87. The first-order valence-corrected chi connectivity index (χ1v) is 6.51. The number of para-hydroxylation sites is 2. The third-order valence-corrected chi connectivity index (χ3v) is 3.05. The summed E-state index contributed by atoms with van der Waals surface area (Å²) in [6.45, 7) is 2.03. The van der Waals surface area contributed by atoms with Crippen molar-refractivity contribution in [2.24, 2.45) is 0 Å². The highest BCUT2D eigenvalue weighted by molar-refractivity contribution is 5.87. The summed E-state index contributed by atoms with van der Waals surface area (Å²) in [6, 6.07) is 16.8. The van der Waals surface area contributed by atoms with Crippen LogP contribution in [0, 0.1) is 0 Å². The van der Waals surface area contributed by atoms with Gasteiger partial charge in [0.05, 0.1) is 0 Å². The number of benzene rings is 2. The lowest BCUT2D eigenvalue weighted by molar-refractivity contribution is 0.215. The summed E-state index contributed by atoms with van der Waals surface area (Å²) in [5.74, 6) is 0.518. The van der Waals surface area contributed by atoms with Crippen molar-refractivity contribution in [3.63, 3.8) is 0 Å². The van der Waals surface area contributed by atoms with Gasteiger partial charge >= 0.3 is 6.09 Å². The molecule has 0 heterocycles. The Morgan fingerprint density at radius 1 is 1.05 bits per heavy atom. The third kappa shape index (κ3) is 3.59. The molecule has 0 aliphatic rings. The summed E-state index contributed by atoms with van der Waals surface area (Å²) >= 11 is 0. The molecule has 2 aromatic rings. The lowest BCUT2D eigenvalue weighted by atomic mass is 10.1. The van der Waals surface area contributed by atoms with E-state index >= 15 is 0 Å². The van der Waals surface area contributed by atoms with E-state index in [0.29, 0.717) is 5.75 Å². The molecular weight excluding hydrogens is 252 g/mol. The van der Waals surface area contributed by atoms with Gasteiger partial charge in [-0.1, -0.05) is 36.4 Å². The molecule has 1 atom stereocenters. The van der Waals surface area contributed by atoms with E-state index in [4.69, 9.17) is 4.74 Å². The summed E-state index contributed by atoms with van der Waals surface area (Å²) in [7, 11) is 1.88. The van der Waals surface area contributed by atoms with Gasteiger partial charge in [-0.2, -0.15) is 0 Å². The zero-order valence-electron chi connectivity index (χ0n) is 11.6. The summed E-state index contributed by atoms with van der Waals surface area (Å²) in [5, 5.41) is 5.93. The molecule has 2 N–H and O–H groups in total. The average Bonchev–Trinajstić information content (AvgIpc) is 2.48. The first-order chi connectivity index (χ1) is 9.70. The summed E-state index contributed by atoms with van der Waals surface area (Å²) in [6.07, 6.45) is -0.494. The standard InChI is InChI=1S/C16H18N2O2/c1-12(17-2)14-10-6-7-11-15(14)18-16(19)20-13-8-4-3-5-9-13/h3-12,17H,1-2H3,(H,18,19). The highest BCUT2D eigenvalue weighted by Crippen LogP contribution is 2.22. The first-order valence-electron chi connectivity index (χ1n) is 6.51. The van der Waals surface area contributed by atoms with Gasteiger partial charge in [0.2, 0.25) is 0 Å². The highest BCUT2D eigenvalue weighted by atomic mass is 16.6. The number of hydrogen-bond acceptors (Lipinski definition) is 3. The van der Waals surface area contributed by atoms with Crippen LogP contribution in [-0.2, 0) is 0 Å². The Balaban J connectivity index is 2.08. The molecule has 0 aliphatic heterocycles. The lowest BCUT2D eigenvalue weighted by Crippen LogP contribution is -2.20. The molecule has 0 aliphatic carbocycles. The third-order valence-electron chi connectivity index (χ3n) is 3.05. The van der Waals surface area contributed by atoms with Crippen LogP contribution in [0.25, 0.3) is 0 Å². The van der Waals surface area contributed by atoms with E-state index < -0.39 is 6.09 Å². The van der Waals surface area contributed by atoms with Crippen molar-refractivity contribution in [2.45, 2.75) is 13.0 Å². The van der Waals surface area contributed by atoms with Crippen LogP contribution >= 0.6 is 0 Å². The van der Waals surface area contributed by atoms with E-state index in [-0.39, 0.29) is 6.04 Å². The lowest BCUT2D eigenvalue weighted by Gasteiger charge is -2.16. The zero-order valence-corrected chi connectivity index (χ0v) is 11.6. The van der Waals surface area contributed by atoms with E-state index in [1.807, 2.05) is 56.4 Å². The van der Waals surface area contributed by atoms with Crippen molar-refractivity contribution in [2.75, 3.05) is 12.4 Å². The monoisotopic (exact) mass is 270 g/mol. The van der Waals surface area contributed by atoms with Gasteiger partial charge in [0, 0.05) is 11.7 Å². The smallest absolute Gasteiger partial charge is 0.410 e. The summed E-state index contributed by atoms with van der Waals surface area (Å²) in [4.78, 5) is 11.9. The van der Waals surface area contributed by atoms with Gasteiger partial charge in [-0.15, -0.1) is 0 Å². The molecule has 2 aromatic carbocycles. The maximum Gasteiger partial charge on any atom is 0.417 e. The van der Waals surface area contributed by atoms with Gasteiger partial charge in [0.25, 0.3) is 0 Å². The predicted molar refractivity (Wildman–Crippen MR) is 80.0 cm³/mol. The molecule has 0 saturated carbocycles. The van der Waals surface area contributed by atoms with Crippen molar-refractivity contribution >= 4 is 11.8 Å². The molecule has 0 bridgehead atoms. The fourth-order valence-electron chi connectivity index (χ4n) is 1.87. The maximum atomic E-state index is 11.9. The maximum absolute atomic E-state index is 11.9. The van der Waals surface area contributed by atoms with Crippen molar-refractivity contribution in [1.82, 2.24) is 5.32 Å². The second-order valence-electron chi connectivity index (χ2n) is 4.43. The number of anilines is 1. The Morgan fingerprint density at radius 3 is 2.40 bits per heavy atom. The van der Waals surface area contributed by atoms with E-state index in [2.05, 4.69) is 10.6 Å². The van der Waals surface area contributed by atoms with E-state index in [0.717, 1.165) is 11.3 Å². The summed E-state index contributed by atoms with van der Waals surface area (Å²) in [5.41, 5.74) is 1.76. The Hall–Kier alpha value is -2.33. The number of carbonyl (C=O) groups excluding carboxylic acids is 1. The number of ether oxygens (including phenoxy) is 1. The van der Waals surface area contributed by atoms with Gasteiger partial charge in [-0.25, -0.2) is 4.79 Å². The molecule has 1 amide bonds. The molecule has 2 rings (SSSR count). The van der Waals surface area contributed by atoms with Crippen LogP contribution in [0.4, 0.5) is 10.5 Å². The van der Waals surface area contributed by atoms with Gasteiger partial charge in [0.1, 0.15) is 5.75 Å². The Labute approximate surface area is 118 Å². The van der Waals surface area contributed by atoms with Crippen molar-refractivity contribution < 1.29 is 9.53 Å². The molecule has 4 heteroatoms. The topological polar surface area (TPSA) is 50.4 Å². The molecule has 0 fully saturated rings. The van der Waals surface area contributed by atoms with E-state index in [9.17, 15) is 4.79 Å². The van der Waals surface area contributed by atoms with Crippen LogP contribution in [0.1, 0.15) is 18.5 Å². The van der Waals surface area contributed by atoms with Crippen LogP contribution in [0.2, 0.25) is 0 Å². The molecule has 104 valence electrons. The molecule has 1 unspecified atom stereocenters. The normalized spacial score (nSPS) is 11.7. The quantitative estimate of drug-likeness (QED) is 0.892. The SMILES string of the molecule is CNC(C)c1ccccc1NC(=O)Oc1ccccc1. The zero-order chi connectivity index (χ0) is 14.4. The molecule has 0 aromatic heterocycles. The number of hydrogen-bond donors (Lipinski definition) is 2. The Bertz CT molecular complexity index is 570. The number of amides is 1. The van der Waals surface area contributed by atoms with Crippen LogP contribution < -0.4 is 15.4 Å². The number of nitrogens with one attached hydrogen (secondary N) is 2. The van der Waals surface area contributed by atoms with Crippen LogP contribution in [0.15, 0.2) is 54.6 Å². The minimum absolute atomic E-state index is 0.142. The molecule has 0 radical (unpaired) electrons. The number of carbonyl (C=O) groups is 1. The Kier molecular flexibility index (Phi) is 4.74. The van der Waals surface area contributed by atoms with Crippen molar-refractivity contribution in [3.05, 3.63) is 60.2 Å². The second kappa shape index (κ2) is 6.73. The van der Waals surface area contributed by atoms with E-state index in [1.165, 1.54) is 0 Å². The average molecular weight is 270 g/mol. The minimum atomic E-state index is -0.494. The van der Waals surface area contributed by atoms with Gasteiger partial charge in [0.15, 0.2) is 0 Å². The van der Waals surface area contributed by atoms with Gasteiger partial charge in [-0.05, 0) is 37.7 Å². The molecule has 0 spiro atoms. The molecule has 4 nitrogen and oxygen atoms in total. The largest absolute Gasteiger partial charge is 0.417 e. The van der Waals surface area contributed by atoms with Crippen molar-refractivity contribution in [1.29, 1.82) is 0 Å². The fraction of sp³-hybridized carbons (Fsp3) is 0.188. The summed E-state index contributed by atoms with van der Waals surface area (Å²) < 4.78 is 5.22. The van der Waals surface area contributed by atoms with Crippen LogP contribution in [-0.4, -0.2) is 13.1 Å². The van der Waals surface area contributed by atoms with Crippen LogP contribution in [0.3, 0.4) is 0 Å². The predicted octanol–water partition coefficient (Wildman–Crippen LogP) is 3.58. The molecule has 20 heavy (non-hydrogen) atoms. The van der Waals surface area contributed by atoms with Gasteiger partial charge in [-0.3, -0.25) is 5.32 Å². The molecule has 0 saturated heterocycles. The Morgan fingerprint density at radius 2 is 1.70 bits per heavy atom. The van der Waals surface area contributed by atoms with Crippen molar-refractivity contribution in [3.8, 4) is 5.75 Å². The molecular formula is C16H18N2O2. The highest BCUT2D eigenvalue weighted by Gasteiger charge is 2.11. The van der Waals surface area contributed by atoms with Crippen LogP contribution in [0.5, 0.6) is 5.75 Å².